The van der Waals surface area contributed by atoms with E-state index in [-0.39, 0.29) is 11.4 Å². The lowest BCUT2D eigenvalue weighted by Gasteiger charge is -2.10. The van der Waals surface area contributed by atoms with Crippen molar-refractivity contribution in [3.05, 3.63) is 34.6 Å². The summed E-state index contributed by atoms with van der Waals surface area (Å²) in [5, 5.41) is 0.440. The molecule has 1 aromatic carbocycles. The Morgan fingerprint density at radius 1 is 1.42 bits per heavy atom. The molecule has 1 aliphatic rings. The highest BCUT2D eigenvalue weighted by Gasteiger charge is 2.41. The number of rotatable bonds is 1. The van der Waals surface area contributed by atoms with Crippen LogP contribution in [-0.4, -0.2) is 0 Å². The van der Waals surface area contributed by atoms with Crippen molar-refractivity contribution in [1.82, 2.24) is 0 Å². The minimum absolute atomic E-state index is 0.273. The Morgan fingerprint density at radius 2 is 2.08 bits per heavy atom. The standard InChI is InChI=1S/C9H9ClFN/c10-8-5-6(11)1-2-7(8)9(12)3-4-9/h1-2,5H,3-4,12H2. The van der Waals surface area contributed by atoms with Gasteiger partial charge in [-0.1, -0.05) is 17.7 Å². The topological polar surface area (TPSA) is 26.0 Å². The molecule has 1 aromatic rings. The van der Waals surface area contributed by atoms with Gasteiger partial charge in [0, 0.05) is 10.6 Å². The van der Waals surface area contributed by atoms with Crippen molar-refractivity contribution in [3.8, 4) is 0 Å². The maximum atomic E-state index is 12.6. The fourth-order valence-electron chi connectivity index (χ4n) is 1.30. The fourth-order valence-corrected chi connectivity index (χ4v) is 1.65. The molecule has 0 radical (unpaired) electrons. The average molecular weight is 186 g/mol. The third-order valence-corrected chi connectivity index (χ3v) is 2.57. The first-order valence-electron chi connectivity index (χ1n) is 3.86. The van der Waals surface area contributed by atoms with E-state index < -0.39 is 0 Å². The smallest absolute Gasteiger partial charge is 0.124 e. The van der Waals surface area contributed by atoms with Gasteiger partial charge in [-0.3, -0.25) is 0 Å². The Bertz CT molecular complexity index is 320. The van der Waals surface area contributed by atoms with Crippen LogP contribution in [0.5, 0.6) is 0 Å². The zero-order valence-corrected chi connectivity index (χ0v) is 7.24. The molecule has 0 bridgehead atoms. The van der Waals surface area contributed by atoms with Gasteiger partial charge in [-0.2, -0.15) is 0 Å². The molecular formula is C9H9ClFN. The van der Waals surface area contributed by atoms with E-state index in [1.54, 1.807) is 6.07 Å². The minimum atomic E-state index is -0.312. The van der Waals surface area contributed by atoms with Crippen molar-refractivity contribution in [3.63, 3.8) is 0 Å². The quantitative estimate of drug-likeness (QED) is 0.715. The summed E-state index contributed by atoms with van der Waals surface area (Å²) in [6.45, 7) is 0. The number of benzene rings is 1. The summed E-state index contributed by atoms with van der Waals surface area (Å²) in [7, 11) is 0. The van der Waals surface area contributed by atoms with Gasteiger partial charge in [0.1, 0.15) is 5.82 Å². The second kappa shape index (κ2) is 2.44. The second-order valence-electron chi connectivity index (χ2n) is 3.28. The van der Waals surface area contributed by atoms with Crippen molar-refractivity contribution < 1.29 is 4.39 Å². The van der Waals surface area contributed by atoms with Crippen molar-refractivity contribution in [1.29, 1.82) is 0 Å². The SMILES string of the molecule is NC1(c2ccc(F)cc2Cl)CC1. The van der Waals surface area contributed by atoms with E-state index in [9.17, 15) is 4.39 Å². The molecule has 0 aromatic heterocycles. The third kappa shape index (κ3) is 1.21. The fraction of sp³-hybridized carbons (Fsp3) is 0.333. The average Bonchev–Trinajstić information content (AvgIpc) is 2.68. The Balaban J connectivity index is 2.45. The molecule has 1 nitrogen and oxygen atoms in total. The normalized spacial score (nSPS) is 19.2. The zero-order valence-electron chi connectivity index (χ0n) is 6.48. The highest BCUT2D eigenvalue weighted by Crippen LogP contribution is 2.45. The van der Waals surface area contributed by atoms with E-state index in [0.29, 0.717) is 5.02 Å². The highest BCUT2D eigenvalue weighted by molar-refractivity contribution is 6.31. The van der Waals surface area contributed by atoms with Crippen molar-refractivity contribution >= 4 is 11.6 Å². The van der Waals surface area contributed by atoms with Gasteiger partial charge in [-0.05, 0) is 30.5 Å². The molecule has 64 valence electrons. The highest BCUT2D eigenvalue weighted by atomic mass is 35.5. The van der Waals surface area contributed by atoms with E-state index in [4.69, 9.17) is 17.3 Å². The van der Waals surface area contributed by atoms with Crippen LogP contribution in [0.1, 0.15) is 18.4 Å². The maximum Gasteiger partial charge on any atom is 0.124 e. The predicted molar refractivity (Wildman–Crippen MR) is 46.5 cm³/mol. The molecule has 12 heavy (non-hydrogen) atoms. The molecule has 0 unspecified atom stereocenters. The Morgan fingerprint density at radius 3 is 2.58 bits per heavy atom. The lowest BCUT2D eigenvalue weighted by atomic mass is 10.1. The summed E-state index contributed by atoms with van der Waals surface area (Å²) in [6, 6.07) is 4.38. The van der Waals surface area contributed by atoms with Crippen molar-refractivity contribution in [2.24, 2.45) is 5.73 Å². The second-order valence-corrected chi connectivity index (χ2v) is 3.69. The Labute approximate surface area is 75.3 Å². The van der Waals surface area contributed by atoms with Crippen LogP contribution in [0.2, 0.25) is 5.02 Å². The molecule has 3 heteroatoms. The molecule has 0 aliphatic heterocycles. The maximum absolute atomic E-state index is 12.6. The number of hydrogen-bond acceptors (Lipinski definition) is 1. The molecule has 1 saturated carbocycles. The largest absolute Gasteiger partial charge is 0.321 e. The minimum Gasteiger partial charge on any atom is -0.321 e. The summed E-state index contributed by atoms with van der Waals surface area (Å²) in [5.41, 5.74) is 6.51. The predicted octanol–water partition coefficient (Wildman–Crippen LogP) is 2.43. The Hall–Kier alpha value is -0.600. The van der Waals surface area contributed by atoms with Gasteiger partial charge in [-0.15, -0.1) is 0 Å². The first-order valence-corrected chi connectivity index (χ1v) is 4.24. The van der Waals surface area contributed by atoms with Gasteiger partial charge in [0.05, 0.1) is 0 Å². The Kier molecular flexibility index (Phi) is 1.63. The van der Waals surface area contributed by atoms with Gasteiger partial charge < -0.3 is 5.73 Å². The van der Waals surface area contributed by atoms with Crippen LogP contribution in [0.4, 0.5) is 4.39 Å². The van der Waals surface area contributed by atoms with Crippen LogP contribution in [0.25, 0.3) is 0 Å². The first-order chi connectivity index (χ1) is 5.62. The van der Waals surface area contributed by atoms with Gasteiger partial charge in [-0.25, -0.2) is 4.39 Å². The number of halogens is 2. The van der Waals surface area contributed by atoms with Crippen LogP contribution in [0, 0.1) is 5.82 Å². The third-order valence-electron chi connectivity index (χ3n) is 2.26. The molecule has 0 amide bonds. The number of hydrogen-bond donors (Lipinski definition) is 1. The molecule has 0 spiro atoms. The first kappa shape index (κ1) is 8.02. The zero-order chi connectivity index (χ0) is 8.77. The van der Waals surface area contributed by atoms with Crippen LogP contribution in [0.15, 0.2) is 18.2 Å². The molecule has 1 aliphatic carbocycles. The van der Waals surface area contributed by atoms with Crippen molar-refractivity contribution in [2.45, 2.75) is 18.4 Å². The molecule has 0 saturated heterocycles. The summed E-state index contributed by atoms with van der Waals surface area (Å²) < 4.78 is 12.6. The van der Waals surface area contributed by atoms with E-state index in [1.165, 1.54) is 12.1 Å². The van der Waals surface area contributed by atoms with Crippen LogP contribution in [0.3, 0.4) is 0 Å². The van der Waals surface area contributed by atoms with Crippen LogP contribution in [-0.2, 0) is 5.54 Å². The van der Waals surface area contributed by atoms with Crippen LogP contribution >= 0.6 is 11.6 Å². The molecular weight excluding hydrogens is 177 g/mol. The number of nitrogens with two attached hydrogens (primary N) is 1. The van der Waals surface area contributed by atoms with E-state index in [2.05, 4.69) is 0 Å². The van der Waals surface area contributed by atoms with Crippen molar-refractivity contribution in [2.75, 3.05) is 0 Å². The lowest BCUT2D eigenvalue weighted by molar-refractivity contribution is 0.624. The molecule has 0 heterocycles. The monoisotopic (exact) mass is 185 g/mol. The van der Waals surface area contributed by atoms with Gasteiger partial charge in [0.2, 0.25) is 0 Å². The van der Waals surface area contributed by atoms with Crippen LogP contribution < -0.4 is 5.73 Å². The summed E-state index contributed by atoms with van der Waals surface area (Å²) in [4.78, 5) is 0. The van der Waals surface area contributed by atoms with Gasteiger partial charge in [0.15, 0.2) is 0 Å². The van der Waals surface area contributed by atoms with E-state index in [0.717, 1.165) is 18.4 Å². The summed E-state index contributed by atoms with van der Waals surface area (Å²) in [6.07, 6.45) is 1.89. The van der Waals surface area contributed by atoms with E-state index in [1.807, 2.05) is 0 Å². The summed E-state index contributed by atoms with van der Waals surface area (Å²) in [5.74, 6) is -0.312. The van der Waals surface area contributed by atoms with Gasteiger partial charge in [0.25, 0.3) is 0 Å². The molecule has 0 atom stereocenters. The molecule has 2 rings (SSSR count). The van der Waals surface area contributed by atoms with E-state index >= 15 is 0 Å². The molecule has 1 fully saturated rings. The lowest BCUT2D eigenvalue weighted by Crippen LogP contribution is -2.19. The summed E-state index contributed by atoms with van der Waals surface area (Å²) >= 11 is 5.83. The van der Waals surface area contributed by atoms with Gasteiger partial charge >= 0.3 is 0 Å². The molecule has 2 N–H and O–H groups in total.